The summed E-state index contributed by atoms with van der Waals surface area (Å²) < 4.78 is 0.999. The molecule has 1 amide bonds. The van der Waals surface area contributed by atoms with Crippen molar-refractivity contribution in [2.24, 2.45) is 0 Å². The largest absolute Gasteiger partial charge is 0.308 e. The van der Waals surface area contributed by atoms with Gasteiger partial charge < -0.3 is 5.32 Å². The van der Waals surface area contributed by atoms with Gasteiger partial charge in [-0.05, 0) is 30.5 Å². The lowest BCUT2D eigenvalue weighted by Crippen LogP contribution is -2.28. The van der Waals surface area contributed by atoms with Crippen molar-refractivity contribution >= 4 is 27.7 Å². The Bertz CT molecular complexity index is 711. The third-order valence-electron chi connectivity index (χ3n) is 4.19. The van der Waals surface area contributed by atoms with Crippen molar-refractivity contribution in [2.45, 2.75) is 44.4 Å². The standard InChI is InChI=1S/C17H20BrN3O/c1-16(2,3)13-10-14(21-20-13)19-15(22)17(7-8-17)11-5-4-6-12(18)9-11/h4-6,9-10H,7-8H2,1-3H3,(H2,19,20,21,22). The van der Waals surface area contributed by atoms with Crippen LogP contribution in [0.3, 0.4) is 0 Å². The monoisotopic (exact) mass is 361 g/mol. The fraction of sp³-hybridized carbons (Fsp3) is 0.412. The van der Waals surface area contributed by atoms with Gasteiger partial charge in [0.1, 0.15) is 0 Å². The number of aromatic nitrogens is 2. The lowest BCUT2D eigenvalue weighted by molar-refractivity contribution is -0.118. The molecule has 1 aliphatic rings. The Labute approximate surface area is 138 Å². The van der Waals surface area contributed by atoms with Crippen molar-refractivity contribution in [1.82, 2.24) is 10.2 Å². The van der Waals surface area contributed by atoms with Crippen LogP contribution in [0.15, 0.2) is 34.8 Å². The first-order valence-electron chi connectivity index (χ1n) is 7.45. The number of carbonyl (C=O) groups is 1. The number of H-pyrrole nitrogens is 1. The number of rotatable bonds is 3. The van der Waals surface area contributed by atoms with Gasteiger partial charge in [0.05, 0.1) is 5.41 Å². The molecule has 0 spiro atoms. The average Bonchev–Trinajstić information content (AvgIpc) is 3.12. The zero-order valence-corrected chi connectivity index (χ0v) is 14.6. The Morgan fingerprint density at radius 3 is 2.59 bits per heavy atom. The molecule has 4 nitrogen and oxygen atoms in total. The molecule has 1 fully saturated rings. The summed E-state index contributed by atoms with van der Waals surface area (Å²) in [5, 5.41) is 10.2. The van der Waals surface area contributed by atoms with Crippen molar-refractivity contribution in [2.75, 3.05) is 5.32 Å². The van der Waals surface area contributed by atoms with Crippen LogP contribution < -0.4 is 5.32 Å². The summed E-state index contributed by atoms with van der Waals surface area (Å²) in [5.74, 6) is 0.619. The maximum Gasteiger partial charge on any atom is 0.236 e. The molecule has 2 aromatic rings. The Balaban J connectivity index is 1.79. The normalized spacial score (nSPS) is 16.4. The van der Waals surface area contributed by atoms with Gasteiger partial charge in [-0.2, -0.15) is 5.10 Å². The predicted octanol–water partition coefficient (Wildman–Crippen LogP) is 4.14. The highest BCUT2D eigenvalue weighted by atomic mass is 79.9. The van der Waals surface area contributed by atoms with Gasteiger partial charge in [-0.25, -0.2) is 0 Å². The second-order valence-corrected chi connectivity index (χ2v) is 7.88. The van der Waals surface area contributed by atoms with Crippen molar-refractivity contribution in [3.63, 3.8) is 0 Å². The fourth-order valence-electron chi connectivity index (χ4n) is 2.56. The van der Waals surface area contributed by atoms with Crippen molar-refractivity contribution in [3.05, 3.63) is 46.1 Å². The van der Waals surface area contributed by atoms with Crippen molar-refractivity contribution < 1.29 is 4.79 Å². The molecule has 0 radical (unpaired) electrons. The number of benzene rings is 1. The molecule has 0 bridgehead atoms. The summed E-state index contributed by atoms with van der Waals surface area (Å²) in [6, 6.07) is 9.90. The smallest absolute Gasteiger partial charge is 0.236 e. The highest BCUT2D eigenvalue weighted by Crippen LogP contribution is 2.49. The summed E-state index contributed by atoms with van der Waals surface area (Å²) in [6.07, 6.45) is 1.76. The van der Waals surface area contributed by atoms with E-state index in [0.29, 0.717) is 5.82 Å². The molecule has 3 rings (SSSR count). The zero-order chi connectivity index (χ0) is 16.0. The number of hydrogen-bond acceptors (Lipinski definition) is 2. The third-order valence-corrected chi connectivity index (χ3v) is 4.68. The number of amides is 1. The van der Waals surface area contributed by atoms with Gasteiger partial charge in [-0.1, -0.05) is 48.8 Å². The van der Waals surface area contributed by atoms with Gasteiger partial charge in [0.25, 0.3) is 0 Å². The van der Waals surface area contributed by atoms with E-state index in [2.05, 4.69) is 52.2 Å². The fourth-order valence-corrected chi connectivity index (χ4v) is 2.96. The number of halogens is 1. The van der Waals surface area contributed by atoms with Crippen molar-refractivity contribution in [3.8, 4) is 0 Å². The molecular formula is C17H20BrN3O. The Morgan fingerprint density at radius 1 is 1.32 bits per heavy atom. The molecule has 2 N–H and O–H groups in total. The van der Waals surface area contributed by atoms with E-state index in [1.807, 2.05) is 30.3 Å². The van der Waals surface area contributed by atoms with Crippen LogP contribution in [-0.2, 0) is 15.6 Å². The van der Waals surface area contributed by atoms with E-state index in [1.165, 1.54) is 0 Å². The number of carbonyl (C=O) groups excluding carboxylic acids is 1. The van der Waals surface area contributed by atoms with Crippen LogP contribution in [0.1, 0.15) is 44.9 Å². The SMILES string of the molecule is CC(C)(C)c1cc(NC(=O)C2(c3cccc(Br)c3)CC2)n[nH]1. The number of anilines is 1. The minimum Gasteiger partial charge on any atom is -0.308 e. The maximum atomic E-state index is 12.7. The molecule has 22 heavy (non-hydrogen) atoms. The first-order valence-corrected chi connectivity index (χ1v) is 8.24. The molecule has 5 heteroatoms. The molecule has 1 aromatic carbocycles. The lowest BCUT2D eigenvalue weighted by Gasteiger charge is -2.15. The summed E-state index contributed by atoms with van der Waals surface area (Å²) in [5.41, 5.74) is 1.66. The summed E-state index contributed by atoms with van der Waals surface area (Å²) in [6.45, 7) is 6.32. The van der Waals surface area contributed by atoms with Gasteiger partial charge >= 0.3 is 0 Å². The molecule has 0 aliphatic heterocycles. The van der Waals surface area contributed by atoms with Crippen LogP contribution in [0, 0.1) is 0 Å². The van der Waals surface area contributed by atoms with Gasteiger partial charge in [0, 0.05) is 21.6 Å². The van der Waals surface area contributed by atoms with Crippen LogP contribution in [0.5, 0.6) is 0 Å². The molecule has 1 aromatic heterocycles. The van der Waals surface area contributed by atoms with E-state index >= 15 is 0 Å². The van der Waals surface area contributed by atoms with E-state index in [-0.39, 0.29) is 11.3 Å². The van der Waals surface area contributed by atoms with Gasteiger partial charge in [-0.15, -0.1) is 0 Å². The Kier molecular flexibility index (Phi) is 3.63. The molecule has 0 atom stereocenters. The quantitative estimate of drug-likeness (QED) is 0.862. The minimum atomic E-state index is -0.398. The van der Waals surface area contributed by atoms with Gasteiger partial charge in [-0.3, -0.25) is 9.89 Å². The van der Waals surface area contributed by atoms with Gasteiger partial charge in [0.2, 0.25) is 5.91 Å². The second-order valence-electron chi connectivity index (χ2n) is 6.96. The first-order chi connectivity index (χ1) is 10.3. The zero-order valence-electron chi connectivity index (χ0n) is 13.0. The van der Waals surface area contributed by atoms with Crippen LogP contribution in [0.25, 0.3) is 0 Å². The van der Waals surface area contributed by atoms with Crippen LogP contribution in [-0.4, -0.2) is 16.1 Å². The average molecular weight is 362 g/mol. The van der Waals surface area contributed by atoms with Crippen LogP contribution in [0.2, 0.25) is 0 Å². The highest BCUT2D eigenvalue weighted by molar-refractivity contribution is 9.10. The number of aromatic amines is 1. The van der Waals surface area contributed by atoms with E-state index in [1.54, 1.807) is 0 Å². The van der Waals surface area contributed by atoms with Gasteiger partial charge in [0.15, 0.2) is 5.82 Å². The molecule has 0 unspecified atom stereocenters. The van der Waals surface area contributed by atoms with Crippen molar-refractivity contribution in [1.29, 1.82) is 0 Å². The first kappa shape index (κ1) is 15.3. The lowest BCUT2D eigenvalue weighted by atomic mass is 9.92. The molecule has 1 heterocycles. The van der Waals surface area contributed by atoms with E-state index < -0.39 is 5.41 Å². The highest BCUT2D eigenvalue weighted by Gasteiger charge is 2.51. The topological polar surface area (TPSA) is 57.8 Å². The summed E-state index contributed by atoms with van der Waals surface area (Å²) >= 11 is 3.47. The van der Waals surface area contributed by atoms with E-state index in [4.69, 9.17) is 0 Å². The molecule has 1 saturated carbocycles. The van der Waals surface area contributed by atoms with Crippen LogP contribution in [0.4, 0.5) is 5.82 Å². The predicted molar refractivity (Wildman–Crippen MR) is 91.0 cm³/mol. The van der Waals surface area contributed by atoms with E-state index in [9.17, 15) is 4.79 Å². The molecular weight excluding hydrogens is 342 g/mol. The summed E-state index contributed by atoms with van der Waals surface area (Å²) in [7, 11) is 0. The number of hydrogen-bond donors (Lipinski definition) is 2. The third kappa shape index (κ3) is 2.82. The Morgan fingerprint density at radius 2 is 2.05 bits per heavy atom. The maximum absolute atomic E-state index is 12.7. The minimum absolute atomic E-state index is 0.0163. The number of nitrogens with one attached hydrogen (secondary N) is 2. The van der Waals surface area contributed by atoms with E-state index in [0.717, 1.165) is 28.6 Å². The molecule has 1 aliphatic carbocycles. The molecule has 116 valence electrons. The summed E-state index contributed by atoms with van der Waals surface area (Å²) in [4.78, 5) is 12.7. The second kappa shape index (κ2) is 5.23. The Hall–Kier alpha value is -1.62. The number of nitrogens with zero attached hydrogens (tertiary/aromatic N) is 1. The molecule has 0 saturated heterocycles. The van der Waals surface area contributed by atoms with Crippen LogP contribution >= 0.6 is 15.9 Å².